The largest absolute Gasteiger partial charge is 0.309 e. The smallest absolute Gasteiger partial charge is 0.0183 e. The fourth-order valence-corrected chi connectivity index (χ4v) is 6.13. The molecule has 0 saturated heterocycles. The summed E-state index contributed by atoms with van der Waals surface area (Å²) in [5, 5.41) is 12.3. The topological polar surface area (TPSA) is 23.9 Å². The van der Waals surface area contributed by atoms with Gasteiger partial charge in [-0.1, -0.05) is 141 Å². The van der Waals surface area contributed by atoms with Gasteiger partial charge in [-0.15, -0.1) is 0 Å². The maximum Gasteiger partial charge on any atom is 0.0183 e. The lowest BCUT2D eigenvalue weighted by Crippen LogP contribution is -1.96. The molecule has 0 atom stereocenters. The molecule has 6 rings (SSSR count). The van der Waals surface area contributed by atoms with Crippen LogP contribution in [0.5, 0.6) is 0 Å². The van der Waals surface area contributed by atoms with Gasteiger partial charge in [0.2, 0.25) is 0 Å². The molecule has 0 bridgehead atoms. The fraction of sp³-hybridized carbons (Fsp3) is 0.0238. The van der Waals surface area contributed by atoms with E-state index in [-0.39, 0.29) is 0 Å². The van der Waals surface area contributed by atoms with Gasteiger partial charge in [0.05, 0.1) is 0 Å². The molecule has 0 saturated carbocycles. The summed E-state index contributed by atoms with van der Waals surface area (Å²) in [6.45, 7) is 14.6. The lowest BCUT2D eigenvalue weighted by molar-refractivity contribution is 1.50. The zero-order chi connectivity index (χ0) is 29.9. The van der Waals surface area contributed by atoms with Crippen LogP contribution < -0.4 is 0 Å². The molecule has 0 spiro atoms. The molecular formula is C42H33N. The molecule has 0 aliphatic carbocycles. The van der Waals surface area contributed by atoms with Gasteiger partial charge >= 0.3 is 0 Å². The van der Waals surface area contributed by atoms with Crippen LogP contribution in [0.2, 0.25) is 0 Å². The van der Waals surface area contributed by atoms with E-state index < -0.39 is 0 Å². The third-order valence-electron chi connectivity index (χ3n) is 8.17. The van der Waals surface area contributed by atoms with Crippen molar-refractivity contribution in [1.82, 2.24) is 0 Å². The Balaban J connectivity index is 1.55. The Morgan fingerprint density at radius 1 is 0.581 bits per heavy atom. The van der Waals surface area contributed by atoms with Gasteiger partial charge in [-0.2, -0.15) is 0 Å². The third kappa shape index (κ3) is 5.07. The van der Waals surface area contributed by atoms with Crippen molar-refractivity contribution in [2.45, 2.75) is 6.92 Å². The Morgan fingerprint density at radius 2 is 1.16 bits per heavy atom. The molecule has 0 aliphatic heterocycles. The highest BCUT2D eigenvalue weighted by Gasteiger charge is 2.19. The summed E-state index contributed by atoms with van der Waals surface area (Å²) in [5.74, 6) is 0. The maximum absolute atomic E-state index is 7.43. The number of fused-ring (bicyclic) bond motifs is 2. The van der Waals surface area contributed by atoms with Crippen LogP contribution in [0.15, 0.2) is 141 Å². The fourth-order valence-electron chi connectivity index (χ4n) is 6.13. The molecule has 1 nitrogen and oxygen atoms in total. The molecule has 43 heavy (non-hydrogen) atoms. The predicted octanol–water partition coefficient (Wildman–Crippen LogP) is 11.8. The van der Waals surface area contributed by atoms with Crippen LogP contribution in [0.25, 0.3) is 72.7 Å². The van der Waals surface area contributed by atoms with Crippen LogP contribution in [0.4, 0.5) is 0 Å². The average molecular weight is 552 g/mol. The van der Waals surface area contributed by atoms with Gasteiger partial charge in [0.1, 0.15) is 0 Å². The van der Waals surface area contributed by atoms with Gasteiger partial charge in [-0.05, 0) is 102 Å². The molecule has 6 aromatic carbocycles. The quantitative estimate of drug-likeness (QED) is 0.144. The molecule has 0 aromatic heterocycles. The summed E-state index contributed by atoms with van der Waals surface area (Å²) < 4.78 is 0. The highest BCUT2D eigenvalue weighted by molar-refractivity contribution is 6.12. The second-order valence-electron chi connectivity index (χ2n) is 10.7. The van der Waals surface area contributed by atoms with Crippen LogP contribution in [-0.4, -0.2) is 6.21 Å². The predicted molar refractivity (Wildman–Crippen MR) is 190 cm³/mol. The van der Waals surface area contributed by atoms with Gasteiger partial charge in [-0.3, -0.25) is 0 Å². The molecular weight excluding hydrogens is 518 g/mol. The van der Waals surface area contributed by atoms with E-state index in [4.69, 9.17) is 5.41 Å². The number of benzene rings is 6. The molecule has 206 valence electrons. The monoisotopic (exact) mass is 551 g/mol. The van der Waals surface area contributed by atoms with E-state index in [9.17, 15) is 0 Å². The third-order valence-corrected chi connectivity index (χ3v) is 8.17. The zero-order valence-corrected chi connectivity index (χ0v) is 24.4. The number of nitrogens with one attached hydrogen (secondary N) is 1. The van der Waals surface area contributed by atoms with Gasteiger partial charge in [0, 0.05) is 6.21 Å². The Bertz CT molecular complexity index is 2090. The molecule has 0 heterocycles. The summed E-state index contributed by atoms with van der Waals surface area (Å²) in [6, 6.07) is 39.1. The number of hydrogen-bond acceptors (Lipinski definition) is 1. The zero-order valence-electron chi connectivity index (χ0n) is 24.4. The van der Waals surface area contributed by atoms with E-state index in [0.29, 0.717) is 0 Å². The average Bonchev–Trinajstić information content (AvgIpc) is 3.06. The molecule has 1 N–H and O–H groups in total. The molecule has 0 amide bonds. The lowest BCUT2D eigenvalue weighted by atomic mass is 9.82. The van der Waals surface area contributed by atoms with Crippen molar-refractivity contribution >= 4 is 45.5 Å². The van der Waals surface area contributed by atoms with E-state index in [0.717, 1.165) is 44.5 Å². The maximum atomic E-state index is 7.43. The molecule has 0 unspecified atom stereocenters. The van der Waals surface area contributed by atoms with Crippen molar-refractivity contribution in [2.24, 2.45) is 0 Å². The lowest BCUT2D eigenvalue weighted by Gasteiger charge is -2.21. The van der Waals surface area contributed by atoms with Crippen molar-refractivity contribution in [3.05, 3.63) is 163 Å². The van der Waals surface area contributed by atoms with Crippen LogP contribution in [0.3, 0.4) is 0 Å². The number of rotatable bonds is 8. The Morgan fingerprint density at radius 3 is 1.79 bits per heavy atom. The van der Waals surface area contributed by atoms with Gasteiger partial charge in [0.15, 0.2) is 0 Å². The van der Waals surface area contributed by atoms with E-state index >= 15 is 0 Å². The molecule has 0 radical (unpaired) electrons. The summed E-state index contributed by atoms with van der Waals surface area (Å²) in [5.41, 5.74) is 12.3. The highest BCUT2D eigenvalue weighted by atomic mass is 14.3. The second-order valence-corrected chi connectivity index (χ2v) is 10.7. The Kier molecular flexibility index (Phi) is 7.56. The number of hydrogen-bond donors (Lipinski definition) is 1. The van der Waals surface area contributed by atoms with Gasteiger partial charge in [-0.25, -0.2) is 0 Å². The van der Waals surface area contributed by atoms with Gasteiger partial charge in [0.25, 0.3) is 0 Å². The summed E-state index contributed by atoms with van der Waals surface area (Å²) in [6.07, 6.45) is 8.77. The van der Waals surface area contributed by atoms with E-state index in [1.165, 1.54) is 44.4 Å². The first-order valence-electron chi connectivity index (χ1n) is 14.4. The molecule has 6 aromatic rings. The highest BCUT2D eigenvalue weighted by Crippen LogP contribution is 2.44. The summed E-state index contributed by atoms with van der Waals surface area (Å²) in [4.78, 5) is 0. The number of allylic oxidation sites excluding steroid dienone is 3. The second kappa shape index (κ2) is 11.8. The van der Waals surface area contributed by atoms with Gasteiger partial charge < -0.3 is 5.41 Å². The van der Waals surface area contributed by atoms with Crippen LogP contribution >= 0.6 is 0 Å². The number of aryl methyl sites for hydroxylation is 1. The Hall–Kier alpha value is -5.53. The standard InChI is InChI=1S/C42H33N/c1-5-29(23-24-43)30-17-19-31(20-18-30)32-11-10-12-35(26-32)41-37(6-2)38(7-3)42(40-14-9-8-13-39(40)41)36-22-21-33-25-28(4)15-16-34(33)27-36/h5-27,43H,1-3H2,4H3/b29-23+,43-24?. The minimum atomic E-state index is 0.927. The van der Waals surface area contributed by atoms with Crippen LogP contribution in [0, 0.1) is 12.3 Å². The first-order chi connectivity index (χ1) is 21.1. The minimum absolute atomic E-state index is 0.927. The van der Waals surface area contributed by atoms with Crippen LogP contribution in [0.1, 0.15) is 22.3 Å². The van der Waals surface area contributed by atoms with Crippen molar-refractivity contribution in [3.63, 3.8) is 0 Å². The van der Waals surface area contributed by atoms with E-state index in [1.54, 1.807) is 12.2 Å². The van der Waals surface area contributed by atoms with Crippen molar-refractivity contribution in [2.75, 3.05) is 0 Å². The van der Waals surface area contributed by atoms with Crippen molar-refractivity contribution < 1.29 is 0 Å². The molecule has 1 heteroatoms. The first kappa shape index (κ1) is 27.6. The van der Waals surface area contributed by atoms with E-state index in [1.807, 2.05) is 12.2 Å². The summed E-state index contributed by atoms with van der Waals surface area (Å²) >= 11 is 0. The first-order valence-corrected chi connectivity index (χ1v) is 14.4. The minimum Gasteiger partial charge on any atom is -0.309 e. The van der Waals surface area contributed by atoms with Crippen LogP contribution in [-0.2, 0) is 0 Å². The normalized spacial score (nSPS) is 11.4. The van der Waals surface area contributed by atoms with Crippen molar-refractivity contribution in [3.8, 4) is 33.4 Å². The summed E-state index contributed by atoms with van der Waals surface area (Å²) in [7, 11) is 0. The Labute approximate surface area is 254 Å². The SMILES string of the molecule is C=C/C(=C\C=N)c1ccc(-c2cccc(-c3c(C=C)c(C=C)c(-c4ccc5cc(C)ccc5c4)c4ccccc34)c2)cc1. The molecule has 0 fully saturated rings. The van der Waals surface area contributed by atoms with E-state index in [2.05, 4.69) is 136 Å². The molecule has 0 aliphatic rings. The van der Waals surface area contributed by atoms with Crippen molar-refractivity contribution in [1.29, 1.82) is 5.41 Å².